The molecular weight excluding hydrogens is 376 g/mol. The van der Waals surface area contributed by atoms with Crippen molar-refractivity contribution in [3.63, 3.8) is 0 Å². The molecule has 0 spiro atoms. The number of nitrogens with one attached hydrogen (secondary N) is 1. The second kappa shape index (κ2) is 7.82. The van der Waals surface area contributed by atoms with Gasteiger partial charge in [0.25, 0.3) is 0 Å². The molecule has 1 aromatic heterocycles. The topological polar surface area (TPSA) is 82.8 Å². The Kier molecular flexibility index (Phi) is 5.08. The van der Waals surface area contributed by atoms with Crippen molar-refractivity contribution in [3.05, 3.63) is 84.3 Å². The van der Waals surface area contributed by atoms with Crippen LogP contribution in [-0.4, -0.2) is 28.0 Å². The van der Waals surface area contributed by atoms with Crippen LogP contribution in [0.15, 0.2) is 82.5 Å². The molecule has 1 aliphatic rings. The number of carboxylic acid groups (broad SMARTS) is 1. The van der Waals surface area contributed by atoms with Crippen LogP contribution in [0.25, 0.3) is 0 Å². The summed E-state index contributed by atoms with van der Waals surface area (Å²) < 4.78 is 5.23. The Morgan fingerprint density at radius 3 is 2.57 bits per heavy atom. The fourth-order valence-corrected chi connectivity index (χ4v) is 4.62. The summed E-state index contributed by atoms with van der Waals surface area (Å²) >= 11 is 1.46. The number of nitrogens with zero attached hydrogens (tertiary/aromatic N) is 1. The van der Waals surface area contributed by atoms with Crippen LogP contribution in [-0.2, 0) is 11.3 Å². The lowest BCUT2D eigenvalue weighted by atomic mass is 10.0. The third kappa shape index (κ3) is 3.61. The normalized spacial score (nSPS) is 18.6. The van der Waals surface area contributed by atoms with Gasteiger partial charge in [-0.15, -0.1) is 11.8 Å². The van der Waals surface area contributed by atoms with E-state index in [0.29, 0.717) is 5.69 Å². The number of hydrogen-bond acceptors (Lipinski definition) is 4. The van der Waals surface area contributed by atoms with Gasteiger partial charge in [-0.05, 0) is 23.8 Å². The van der Waals surface area contributed by atoms with Crippen molar-refractivity contribution in [2.24, 2.45) is 0 Å². The van der Waals surface area contributed by atoms with Crippen LogP contribution in [0, 0.1) is 0 Å². The van der Waals surface area contributed by atoms with Crippen molar-refractivity contribution in [2.45, 2.75) is 22.7 Å². The van der Waals surface area contributed by atoms with Gasteiger partial charge >= 0.3 is 6.09 Å². The number of fused-ring (bicyclic) bond motifs is 1. The molecule has 3 aromatic rings. The lowest BCUT2D eigenvalue weighted by Crippen LogP contribution is -2.48. The number of para-hydroxylation sites is 1. The first-order valence-corrected chi connectivity index (χ1v) is 9.63. The van der Waals surface area contributed by atoms with E-state index in [4.69, 9.17) is 4.42 Å². The van der Waals surface area contributed by atoms with Gasteiger partial charge in [-0.1, -0.05) is 42.5 Å². The van der Waals surface area contributed by atoms with E-state index in [0.717, 1.165) is 16.0 Å². The van der Waals surface area contributed by atoms with Crippen LogP contribution in [0.3, 0.4) is 0 Å². The summed E-state index contributed by atoms with van der Waals surface area (Å²) in [4.78, 5) is 27.4. The molecule has 2 N–H and O–H groups in total. The van der Waals surface area contributed by atoms with Crippen LogP contribution < -0.4 is 5.32 Å². The molecule has 2 heterocycles. The molecule has 7 heteroatoms. The molecule has 0 saturated carbocycles. The van der Waals surface area contributed by atoms with Crippen molar-refractivity contribution in [3.8, 4) is 0 Å². The van der Waals surface area contributed by atoms with E-state index in [1.165, 1.54) is 22.9 Å². The Hall–Kier alpha value is -3.19. The van der Waals surface area contributed by atoms with Gasteiger partial charge in [-0.3, -0.25) is 9.69 Å². The summed E-state index contributed by atoms with van der Waals surface area (Å²) in [5.41, 5.74) is 2.26. The maximum Gasteiger partial charge on any atom is 0.408 e. The van der Waals surface area contributed by atoms with Crippen LogP contribution in [0.4, 0.5) is 10.5 Å². The minimum absolute atomic E-state index is 0.111. The van der Waals surface area contributed by atoms with E-state index in [-0.39, 0.29) is 12.5 Å². The molecule has 142 valence electrons. The van der Waals surface area contributed by atoms with E-state index in [1.54, 1.807) is 12.3 Å². The van der Waals surface area contributed by atoms with E-state index in [1.807, 2.05) is 54.6 Å². The monoisotopic (exact) mass is 394 g/mol. The van der Waals surface area contributed by atoms with Gasteiger partial charge in [0.05, 0.1) is 23.5 Å². The molecule has 2 aromatic carbocycles. The highest BCUT2D eigenvalue weighted by Gasteiger charge is 2.41. The average Bonchev–Trinajstić information content (AvgIpc) is 3.18. The number of thioether (sulfide) groups is 1. The number of amides is 2. The molecule has 0 radical (unpaired) electrons. The predicted molar refractivity (Wildman–Crippen MR) is 106 cm³/mol. The minimum Gasteiger partial charge on any atom is -0.472 e. The minimum atomic E-state index is -1.15. The second-order valence-corrected chi connectivity index (χ2v) is 7.60. The highest BCUT2D eigenvalue weighted by molar-refractivity contribution is 7.99. The number of rotatable bonds is 4. The van der Waals surface area contributed by atoms with Crippen LogP contribution in [0.2, 0.25) is 0 Å². The zero-order valence-corrected chi connectivity index (χ0v) is 15.6. The first-order chi connectivity index (χ1) is 13.6. The number of benzene rings is 2. The number of carbonyl (C=O) groups excluding carboxylic acids is 1. The van der Waals surface area contributed by atoms with Gasteiger partial charge in [-0.2, -0.15) is 0 Å². The zero-order chi connectivity index (χ0) is 19.5. The average molecular weight is 394 g/mol. The standard InChI is InChI=1S/C21H18N2O4S/c24-20-18(23(21(25)26)12-14-6-2-1-3-7-14)19(15-10-11-27-13-15)28-17-9-5-4-8-16(17)22-20/h1-11,13,18-19H,12H2,(H,22,24)(H,25,26)/t18-,19+/m1/s1. The third-order valence-corrected chi connectivity index (χ3v) is 6.00. The van der Waals surface area contributed by atoms with Crippen molar-refractivity contribution >= 4 is 29.4 Å². The van der Waals surface area contributed by atoms with Gasteiger partial charge in [-0.25, -0.2) is 4.79 Å². The van der Waals surface area contributed by atoms with E-state index < -0.39 is 17.4 Å². The highest BCUT2D eigenvalue weighted by Crippen LogP contribution is 2.45. The summed E-state index contributed by atoms with van der Waals surface area (Å²) in [7, 11) is 0. The van der Waals surface area contributed by atoms with E-state index in [9.17, 15) is 14.7 Å². The number of anilines is 1. The molecule has 2 amide bonds. The second-order valence-electron chi connectivity index (χ2n) is 6.42. The Morgan fingerprint density at radius 2 is 1.86 bits per heavy atom. The Labute approximate surface area is 166 Å². The Morgan fingerprint density at radius 1 is 1.11 bits per heavy atom. The number of hydrogen-bond donors (Lipinski definition) is 2. The van der Waals surface area contributed by atoms with Crippen molar-refractivity contribution in [1.82, 2.24) is 4.90 Å². The van der Waals surface area contributed by atoms with Crippen molar-refractivity contribution in [2.75, 3.05) is 5.32 Å². The maximum atomic E-state index is 13.2. The third-order valence-electron chi connectivity index (χ3n) is 4.60. The largest absolute Gasteiger partial charge is 0.472 e. The van der Waals surface area contributed by atoms with Crippen molar-refractivity contribution in [1.29, 1.82) is 0 Å². The molecular formula is C21H18N2O4S. The zero-order valence-electron chi connectivity index (χ0n) is 14.8. The fourth-order valence-electron chi connectivity index (χ4n) is 3.28. The molecule has 6 nitrogen and oxygen atoms in total. The molecule has 0 fully saturated rings. The molecule has 1 aliphatic heterocycles. The van der Waals surface area contributed by atoms with Crippen LogP contribution >= 0.6 is 11.8 Å². The summed E-state index contributed by atoms with van der Waals surface area (Å²) in [6, 6.07) is 17.6. The van der Waals surface area contributed by atoms with Gasteiger partial charge in [0.1, 0.15) is 6.04 Å². The summed E-state index contributed by atoms with van der Waals surface area (Å²) in [6.07, 6.45) is 1.95. The van der Waals surface area contributed by atoms with Gasteiger partial charge in [0, 0.05) is 17.0 Å². The lowest BCUT2D eigenvalue weighted by Gasteiger charge is -2.32. The first kappa shape index (κ1) is 18.2. The molecule has 0 aliphatic carbocycles. The first-order valence-electron chi connectivity index (χ1n) is 8.75. The molecule has 0 unspecified atom stereocenters. The quantitative estimate of drug-likeness (QED) is 0.675. The van der Waals surface area contributed by atoms with Crippen molar-refractivity contribution < 1.29 is 19.1 Å². The van der Waals surface area contributed by atoms with Crippen LogP contribution in [0.5, 0.6) is 0 Å². The molecule has 4 rings (SSSR count). The summed E-state index contributed by atoms with van der Waals surface area (Å²) in [6.45, 7) is 0.111. The molecule has 0 bridgehead atoms. The number of carbonyl (C=O) groups is 2. The summed E-state index contributed by atoms with van der Waals surface area (Å²) in [5.74, 6) is -0.359. The SMILES string of the molecule is O=C1Nc2ccccc2S[C@@H](c2ccoc2)[C@H]1N(Cc1ccccc1)C(=O)O. The highest BCUT2D eigenvalue weighted by atomic mass is 32.2. The van der Waals surface area contributed by atoms with Gasteiger partial charge in [0.2, 0.25) is 5.91 Å². The van der Waals surface area contributed by atoms with E-state index >= 15 is 0 Å². The molecule has 2 atom stereocenters. The Balaban J connectivity index is 1.76. The smallest absolute Gasteiger partial charge is 0.408 e. The maximum absolute atomic E-state index is 13.2. The Bertz CT molecular complexity index is 975. The molecule has 0 saturated heterocycles. The lowest BCUT2D eigenvalue weighted by molar-refractivity contribution is -0.121. The predicted octanol–water partition coefficient (Wildman–Crippen LogP) is 4.61. The fraction of sp³-hybridized carbons (Fsp3) is 0.143. The van der Waals surface area contributed by atoms with E-state index in [2.05, 4.69) is 5.32 Å². The van der Waals surface area contributed by atoms with Crippen LogP contribution in [0.1, 0.15) is 16.4 Å². The molecule has 28 heavy (non-hydrogen) atoms. The summed E-state index contributed by atoms with van der Waals surface area (Å²) in [5, 5.41) is 12.4. The van der Waals surface area contributed by atoms with Gasteiger partial charge in [0.15, 0.2) is 0 Å². The van der Waals surface area contributed by atoms with Gasteiger partial charge < -0.3 is 14.8 Å². The number of furan rings is 1.